The summed E-state index contributed by atoms with van der Waals surface area (Å²) in [5, 5.41) is 3.00. The van der Waals surface area contributed by atoms with Crippen LogP contribution in [0.2, 0.25) is 0 Å². The molecule has 1 fully saturated rings. The van der Waals surface area contributed by atoms with Crippen molar-refractivity contribution in [3.63, 3.8) is 0 Å². The molecule has 1 N–H and O–H groups in total. The molecule has 2 rings (SSSR count). The normalized spacial score (nSPS) is 18.9. The highest BCUT2D eigenvalue weighted by Crippen LogP contribution is 2.40. The number of methoxy groups -OCH3 is 3. The molecule has 1 aliphatic rings. The number of hydrogen-bond acceptors (Lipinski definition) is 5. The average Bonchev–Trinajstić information content (AvgIpc) is 3.15. The topological polar surface area (TPSA) is 77.1 Å². The minimum Gasteiger partial charge on any atom is -0.497 e. The van der Waals surface area contributed by atoms with E-state index in [1.54, 1.807) is 21.3 Å². The number of likely N-dealkylation sites (tertiary alicyclic amines) is 1. The number of carbonyl (C=O) groups excluding carboxylic acids is 2. The molecule has 0 unspecified atom stereocenters. The van der Waals surface area contributed by atoms with Crippen molar-refractivity contribution in [1.29, 1.82) is 0 Å². The lowest BCUT2D eigenvalue weighted by molar-refractivity contribution is -0.132. The van der Waals surface area contributed by atoms with Gasteiger partial charge in [-0.2, -0.15) is 0 Å². The van der Waals surface area contributed by atoms with Gasteiger partial charge in [0.25, 0.3) is 0 Å². The largest absolute Gasteiger partial charge is 0.497 e. The first kappa shape index (κ1) is 24.0. The van der Waals surface area contributed by atoms with Crippen molar-refractivity contribution in [2.75, 3.05) is 47.6 Å². The first-order valence-electron chi connectivity index (χ1n) is 10.5. The van der Waals surface area contributed by atoms with E-state index in [1.165, 1.54) is 0 Å². The molecule has 1 saturated heterocycles. The van der Waals surface area contributed by atoms with E-state index in [1.807, 2.05) is 43.9 Å². The monoisotopic (exact) mass is 420 g/mol. The number of rotatable bonds is 9. The van der Waals surface area contributed by atoms with E-state index in [0.29, 0.717) is 44.2 Å². The van der Waals surface area contributed by atoms with Gasteiger partial charge in [0.1, 0.15) is 11.5 Å². The molecular weight excluding hydrogens is 384 g/mol. The van der Waals surface area contributed by atoms with E-state index in [-0.39, 0.29) is 29.1 Å². The van der Waals surface area contributed by atoms with Gasteiger partial charge in [-0.25, -0.2) is 0 Å². The van der Waals surface area contributed by atoms with Crippen molar-refractivity contribution in [2.45, 2.75) is 39.5 Å². The number of benzene rings is 1. The van der Waals surface area contributed by atoms with Crippen LogP contribution < -0.4 is 14.8 Å². The van der Waals surface area contributed by atoms with Crippen LogP contribution in [0, 0.1) is 11.3 Å². The molecule has 0 aliphatic carbocycles. The third-order valence-corrected chi connectivity index (χ3v) is 5.35. The summed E-state index contributed by atoms with van der Waals surface area (Å²) >= 11 is 0. The SMILES string of the molecule is COCCCNC(=O)[C@H]1CN(C(=O)CC(C)(C)C)C[C@H]1c1cc(OC)ccc1OC. The second kappa shape index (κ2) is 10.7. The molecule has 0 aromatic heterocycles. The second-order valence-electron chi connectivity index (χ2n) is 8.99. The number of ether oxygens (including phenoxy) is 3. The molecule has 2 amide bonds. The summed E-state index contributed by atoms with van der Waals surface area (Å²) in [5.74, 6) is 0.905. The fourth-order valence-corrected chi connectivity index (χ4v) is 3.84. The first-order valence-corrected chi connectivity index (χ1v) is 10.5. The second-order valence-corrected chi connectivity index (χ2v) is 8.99. The standard InChI is InChI=1S/C23H36N2O5/c1-23(2,3)13-21(26)25-14-18(17-12-16(29-5)8-9-20(17)30-6)19(15-25)22(27)24-10-7-11-28-4/h8-9,12,18-19H,7,10-11,13-15H2,1-6H3,(H,24,27)/t18-,19-/m0/s1. The first-order chi connectivity index (χ1) is 14.2. The van der Waals surface area contributed by atoms with Crippen molar-refractivity contribution in [3.8, 4) is 11.5 Å². The van der Waals surface area contributed by atoms with Gasteiger partial charge in [-0.3, -0.25) is 9.59 Å². The van der Waals surface area contributed by atoms with Gasteiger partial charge in [0, 0.05) is 51.3 Å². The Hall–Kier alpha value is -2.28. The maximum atomic E-state index is 13.0. The molecule has 7 heteroatoms. The van der Waals surface area contributed by atoms with Crippen LogP contribution in [-0.4, -0.2) is 64.3 Å². The van der Waals surface area contributed by atoms with Crippen LogP contribution in [-0.2, 0) is 14.3 Å². The van der Waals surface area contributed by atoms with Crippen LogP contribution in [0.5, 0.6) is 11.5 Å². The highest BCUT2D eigenvalue weighted by molar-refractivity contribution is 5.83. The minimum absolute atomic E-state index is 0.0490. The molecular formula is C23H36N2O5. The Kier molecular flexibility index (Phi) is 8.53. The fourth-order valence-electron chi connectivity index (χ4n) is 3.84. The van der Waals surface area contributed by atoms with E-state index in [2.05, 4.69) is 5.32 Å². The van der Waals surface area contributed by atoms with Crippen LogP contribution in [0.4, 0.5) is 0 Å². The van der Waals surface area contributed by atoms with Gasteiger partial charge < -0.3 is 24.4 Å². The summed E-state index contributed by atoms with van der Waals surface area (Å²) in [6.07, 6.45) is 1.19. The lowest BCUT2D eigenvalue weighted by atomic mass is 9.87. The Balaban J connectivity index is 2.28. The summed E-state index contributed by atoms with van der Waals surface area (Å²) in [6, 6.07) is 5.59. The Morgan fingerprint density at radius 2 is 1.87 bits per heavy atom. The van der Waals surface area contributed by atoms with Crippen molar-refractivity contribution in [2.24, 2.45) is 11.3 Å². The summed E-state index contributed by atoms with van der Waals surface area (Å²) in [5.41, 5.74) is 0.778. The summed E-state index contributed by atoms with van der Waals surface area (Å²) in [6.45, 7) is 8.15. The number of carbonyl (C=O) groups is 2. The number of hydrogen-bond donors (Lipinski definition) is 1. The average molecular weight is 421 g/mol. The maximum Gasteiger partial charge on any atom is 0.225 e. The Labute approximate surface area is 180 Å². The van der Waals surface area contributed by atoms with Crippen LogP contribution >= 0.6 is 0 Å². The van der Waals surface area contributed by atoms with E-state index in [0.717, 1.165) is 12.0 Å². The van der Waals surface area contributed by atoms with Crippen LogP contribution in [0.3, 0.4) is 0 Å². The molecule has 0 saturated carbocycles. The molecule has 1 aliphatic heterocycles. The number of amides is 2. The third kappa shape index (κ3) is 6.36. The van der Waals surface area contributed by atoms with Crippen molar-refractivity contribution >= 4 is 11.8 Å². The van der Waals surface area contributed by atoms with E-state index < -0.39 is 0 Å². The molecule has 1 aromatic carbocycles. The van der Waals surface area contributed by atoms with Crippen LogP contribution in [0.15, 0.2) is 18.2 Å². The zero-order valence-corrected chi connectivity index (χ0v) is 19.1. The van der Waals surface area contributed by atoms with Gasteiger partial charge in [0.2, 0.25) is 11.8 Å². The predicted molar refractivity (Wildman–Crippen MR) is 116 cm³/mol. The van der Waals surface area contributed by atoms with Gasteiger partial charge in [0.15, 0.2) is 0 Å². The zero-order chi connectivity index (χ0) is 22.3. The Bertz CT molecular complexity index is 729. The van der Waals surface area contributed by atoms with Crippen molar-refractivity contribution < 1.29 is 23.8 Å². The lowest BCUT2D eigenvalue weighted by Crippen LogP contribution is -2.36. The molecule has 7 nitrogen and oxygen atoms in total. The quantitative estimate of drug-likeness (QED) is 0.622. The van der Waals surface area contributed by atoms with Crippen LogP contribution in [0.1, 0.15) is 45.1 Å². The van der Waals surface area contributed by atoms with Gasteiger partial charge in [-0.1, -0.05) is 20.8 Å². The third-order valence-electron chi connectivity index (χ3n) is 5.35. The fraction of sp³-hybridized carbons (Fsp3) is 0.652. The highest BCUT2D eigenvalue weighted by Gasteiger charge is 2.42. The summed E-state index contributed by atoms with van der Waals surface area (Å²) < 4.78 is 16.0. The van der Waals surface area contributed by atoms with E-state index in [4.69, 9.17) is 14.2 Å². The van der Waals surface area contributed by atoms with Gasteiger partial charge in [-0.05, 0) is 30.0 Å². The Morgan fingerprint density at radius 1 is 1.13 bits per heavy atom. The molecule has 0 radical (unpaired) electrons. The van der Waals surface area contributed by atoms with Gasteiger partial charge in [0.05, 0.1) is 20.1 Å². The maximum absolute atomic E-state index is 13.0. The molecule has 0 bridgehead atoms. The smallest absolute Gasteiger partial charge is 0.225 e. The predicted octanol–water partition coefficient (Wildman–Crippen LogP) is 2.83. The zero-order valence-electron chi connectivity index (χ0n) is 19.1. The van der Waals surface area contributed by atoms with Gasteiger partial charge in [-0.15, -0.1) is 0 Å². The minimum atomic E-state index is -0.350. The van der Waals surface area contributed by atoms with Crippen molar-refractivity contribution in [1.82, 2.24) is 10.2 Å². The molecule has 0 spiro atoms. The molecule has 168 valence electrons. The van der Waals surface area contributed by atoms with Gasteiger partial charge >= 0.3 is 0 Å². The number of nitrogens with one attached hydrogen (secondary N) is 1. The van der Waals surface area contributed by atoms with Crippen LogP contribution in [0.25, 0.3) is 0 Å². The van der Waals surface area contributed by atoms with E-state index >= 15 is 0 Å². The summed E-state index contributed by atoms with van der Waals surface area (Å²) in [4.78, 5) is 27.8. The highest BCUT2D eigenvalue weighted by atomic mass is 16.5. The molecule has 1 heterocycles. The number of nitrogens with zero attached hydrogens (tertiary/aromatic N) is 1. The molecule has 1 aromatic rings. The van der Waals surface area contributed by atoms with E-state index in [9.17, 15) is 9.59 Å². The lowest BCUT2D eigenvalue weighted by Gasteiger charge is -2.23. The Morgan fingerprint density at radius 3 is 2.47 bits per heavy atom. The molecule has 30 heavy (non-hydrogen) atoms. The van der Waals surface area contributed by atoms with Crippen molar-refractivity contribution in [3.05, 3.63) is 23.8 Å². The molecule has 2 atom stereocenters. The summed E-state index contributed by atoms with van der Waals surface area (Å²) in [7, 11) is 4.87.